The second-order valence-corrected chi connectivity index (χ2v) is 16.1. The van der Waals surface area contributed by atoms with E-state index in [1.807, 2.05) is 42.7 Å². The van der Waals surface area contributed by atoms with E-state index in [1.54, 1.807) is 0 Å². The van der Waals surface area contributed by atoms with E-state index in [0.717, 1.165) is 105 Å². The Labute approximate surface area is 393 Å². The third-order valence-corrected chi connectivity index (χ3v) is 11.8. The van der Waals surface area contributed by atoms with Gasteiger partial charge in [-0.3, -0.25) is 4.79 Å². The molecule has 10 rings (SSSR count). The molecule has 4 nitrogen and oxygen atoms in total. The van der Waals surface area contributed by atoms with Crippen LogP contribution >= 0.6 is 0 Å². The minimum absolute atomic E-state index is 0. The molecule has 0 saturated heterocycles. The molecule has 0 aliphatic carbocycles. The van der Waals surface area contributed by atoms with Crippen molar-refractivity contribution in [2.75, 3.05) is 0 Å². The van der Waals surface area contributed by atoms with Gasteiger partial charge >= 0.3 is 0 Å². The number of hydrogen-bond acceptors (Lipinski definition) is 4. The van der Waals surface area contributed by atoms with E-state index in [9.17, 15) is 9.90 Å². The Hall–Kier alpha value is -7.56. The van der Waals surface area contributed by atoms with Gasteiger partial charge in [0.1, 0.15) is 0 Å². The van der Waals surface area contributed by atoms with Crippen LogP contribution in [0.25, 0.3) is 99.7 Å². The molecule has 0 amide bonds. The first kappa shape index (κ1) is 42.7. The average Bonchev–Trinajstić information content (AvgIpc) is 3.35. The van der Waals surface area contributed by atoms with Gasteiger partial charge in [0.15, 0.2) is 5.78 Å². The number of aliphatic hydroxyl groups excluding tert-OH is 1. The molecular weight excluding hydrogens is 973 g/mol. The Balaban J connectivity index is 0.00000533. The number of benzene rings is 8. The summed E-state index contributed by atoms with van der Waals surface area (Å²) < 4.78 is 0. The molecule has 10 aromatic rings. The van der Waals surface area contributed by atoms with Crippen molar-refractivity contribution < 1.29 is 30.0 Å². The number of carbonyl (C=O) groups excluding carboxylic acids is 1. The van der Waals surface area contributed by atoms with Gasteiger partial charge in [-0.2, -0.15) is 0 Å². The summed E-state index contributed by atoms with van der Waals surface area (Å²) in [6.45, 7) is 1.53. The molecule has 0 saturated carbocycles. The molecule has 2 heterocycles. The molecule has 1 radical (unpaired) electrons. The van der Waals surface area contributed by atoms with Gasteiger partial charge in [0.25, 0.3) is 0 Å². The molecule has 0 atom stereocenters. The Bertz CT molecular complexity index is 3180. The molecule has 5 heteroatoms. The van der Waals surface area contributed by atoms with Crippen molar-refractivity contribution in [3.63, 3.8) is 0 Å². The van der Waals surface area contributed by atoms with E-state index in [1.165, 1.54) is 13.0 Å². The molecule has 8 aromatic carbocycles. The van der Waals surface area contributed by atoms with Crippen LogP contribution in [-0.2, 0) is 31.3 Å². The van der Waals surface area contributed by atoms with E-state index < -0.39 is 0 Å². The standard InChI is InChI=1S/C60H42N2O2.Ir/c1-40(63)32-53(64)31-30-41-12-6-7-17-54(41)50-33-51(57-20-10-8-18-55(57)42-22-26-44(27-23-42)59-36-46-13-2-4-15-48(46)38-61-59)35-52(34-50)58-21-11-9-19-56(58)43-24-28-45(29-25-43)60-37-47-14-3-5-16-49(47)39-62-60;/h2-26,28,32-39,63H,30-31H2,1H3;/q-2;/b40-32-;. The Morgan fingerprint density at radius 1 is 0.492 bits per heavy atom. The first-order chi connectivity index (χ1) is 31.4. The maximum Gasteiger partial charge on any atom is 0.159 e. The first-order valence-electron chi connectivity index (χ1n) is 21.5. The summed E-state index contributed by atoms with van der Waals surface area (Å²) in [5.74, 6) is -0.0892. The van der Waals surface area contributed by atoms with E-state index in [0.29, 0.717) is 6.42 Å². The summed E-state index contributed by atoms with van der Waals surface area (Å²) >= 11 is 0. The quantitative estimate of drug-likeness (QED) is 0.0797. The van der Waals surface area contributed by atoms with Gasteiger partial charge in [0.05, 0.1) is 5.76 Å². The predicted molar refractivity (Wildman–Crippen MR) is 262 cm³/mol. The third-order valence-electron chi connectivity index (χ3n) is 11.8. The third kappa shape index (κ3) is 9.25. The van der Waals surface area contributed by atoms with Crippen LogP contribution in [0.2, 0.25) is 0 Å². The fraction of sp³-hybridized carbons (Fsp3) is 0.0500. The number of ketones is 1. The second-order valence-electron chi connectivity index (χ2n) is 16.1. The van der Waals surface area contributed by atoms with Crippen LogP contribution in [-0.4, -0.2) is 20.9 Å². The van der Waals surface area contributed by atoms with Crippen LogP contribution in [0.1, 0.15) is 18.9 Å². The molecule has 0 aliphatic heterocycles. The SMILES string of the molecule is C/C(O)=C/C(=O)CCc1ccccc1-c1cc(-c2ccccc2-c2c[c-]c(-c3cc4ccccc4cn3)cc2)cc(-c2ccccc2-c2c[c-]c(-c3cc4ccccc4cn3)cc2)c1.[Ir]. The number of fused-ring (bicyclic) bond motifs is 2. The van der Waals surface area contributed by atoms with Gasteiger partial charge in [0, 0.05) is 45.0 Å². The summed E-state index contributed by atoms with van der Waals surface area (Å²) in [7, 11) is 0. The molecule has 0 aliphatic rings. The van der Waals surface area contributed by atoms with Crippen molar-refractivity contribution in [3.8, 4) is 78.1 Å². The van der Waals surface area contributed by atoms with Crippen LogP contribution in [0, 0.1) is 12.1 Å². The van der Waals surface area contributed by atoms with Crippen molar-refractivity contribution in [1.82, 2.24) is 9.97 Å². The fourth-order valence-corrected chi connectivity index (χ4v) is 8.62. The zero-order valence-electron chi connectivity index (χ0n) is 35.6. The number of hydrogen-bond donors (Lipinski definition) is 1. The summed E-state index contributed by atoms with van der Waals surface area (Å²) in [6, 6.07) is 72.7. The van der Waals surface area contributed by atoms with Crippen molar-refractivity contribution in [2.45, 2.75) is 19.8 Å². The van der Waals surface area contributed by atoms with Crippen molar-refractivity contribution in [2.24, 2.45) is 0 Å². The number of aryl methyl sites for hydroxylation is 1. The van der Waals surface area contributed by atoms with Crippen LogP contribution in [0.5, 0.6) is 0 Å². The molecule has 315 valence electrons. The van der Waals surface area contributed by atoms with Crippen molar-refractivity contribution in [1.29, 1.82) is 0 Å². The minimum atomic E-state index is -0.106. The second kappa shape index (κ2) is 19.0. The largest absolute Gasteiger partial charge is 0.512 e. The predicted octanol–water partition coefficient (Wildman–Crippen LogP) is 15.0. The molecule has 0 fully saturated rings. The van der Waals surface area contributed by atoms with E-state index in [2.05, 4.69) is 170 Å². The number of aromatic nitrogens is 2. The van der Waals surface area contributed by atoms with Crippen LogP contribution in [0.4, 0.5) is 0 Å². The van der Waals surface area contributed by atoms with Gasteiger partial charge < -0.3 is 15.1 Å². The fourth-order valence-electron chi connectivity index (χ4n) is 8.62. The Kier molecular flexibility index (Phi) is 12.5. The summed E-state index contributed by atoms with van der Waals surface area (Å²) in [5.41, 5.74) is 15.4. The molecule has 0 bridgehead atoms. The number of carbonyl (C=O) groups is 1. The normalized spacial score (nSPS) is 11.4. The van der Waals surface area contributed by atoms with Gasteiger partial charge in [-0.15, -0.1) is 59.7 Å². The van der Waals surface area contributed by atoms with Gasteiger partial charge in [-0.1, -0.05) is 156 Å². The van der Waals surface area contributed by atoms with Crippen LogP contribution in [0.15, 0.2) is 212 Å². The van der Waals surface area contributed by atoms with Crippen molar-refractivity contribution >= 4 is 27.3 Å². The molecule has 0 spiro atoms. The number of pyridine rings is 2. The maximum absolute atomic E-state index is 12.8. The molecular formula is C60H42IrN2O2-2. The van der Waals surface area contributed by atoms with E-state index >= 15 is 0 Å². The topological polar surface area (TPSA) is 63.1 Å². The number of nitrogens with zero attached hydrogens (tertiary/aromatic N) is 2. The number of aliphatic hydroxyl groups is 1. The van der Waals surface area contributed by atoms with Gasteiger partial charge in [-0.25, -0.2) is 0 Å². The number of allylic oxidation sites excluding steroid dienone is 2. The zero-order valence-corrected chi connectivity index (χ0v) is 38.0. The summed E-state index contributed by atoms with van der Waals surface area (Å²) in [4.78, 5) is 22.3. The van der Waals surface area contributed by atoms with Gasteiger partial charge in [0.2, 0.25) is 0 Å². The first-order valence-corrected chi connectivity index (χ1v) is 21.5. The smallest absolute Gasteiger partial charge is 0.159 e. The monoisotopic (exact) mass is 1020 g/mol. The van der Waals surface area contributed by atoms with Crippen molar-refractivity contribution in [3.05, 3.63) is 230 Å². The molecule has 0 unspecified atom stereocenters. The summed E-state index contributed by atoms with van der Waals surface area (Å²) in [6.07, 6.45) is 5.97. The Morgan fingerprint density at radius 3 is 1.34 bits per heavy atom. The van der Waals surface area contributed by atoms with Crippen LogP contribution in [0.3, 0.4) is 0 Å². The minimum Gasteiger partial charge on any atom is -0.512 e. The van der Waals surface area contributed by atoms with E-state index in [4.69, 9.17) is 9.97 Å². The number of rotatable bonds is 11. The van der Waals surface area contributed by atoms with Gasteiger partial charge in [-0.05, 0) is 103 Å². The Morgan fingerprint density at radius 2 is 0.892 bits per heavy atom. The zero-order chi connectivity index (χ0) is 43.4. The summed E-state index contributed by atoms with van der Waals surface area (Å²) in [5, 5.41) is 14.3. The average molecular weight is 1020 g/mol. The molecule has 65 heavy (non-hydrogen) atoms. The van der Waals surface area contributed by atoms with E-state index in [-0.39, 0.29) is 38.1 Å². The molecule has 2 aromatic heterocycles. The molecule has 1 N–H and O–H groups in total. The van der Waals surface area contributed by atoms with Crippen LogP contribution < -0.4 is 0 Å². The maximum atomic E-state index is 12.8.